The number of methoxy groups -OCH3 is 1. The van der Waals surface area contributed by atoms with E-state index < -0.39 is 35.9 Å². The molecule has 0 aliphatic heterocycles. The van der Waals surface area contributed by atoms with Gasteiger partial charge in [-0.2, -0.15) is 0 Å². The van der Waals surface area contributed by atoms with Gasteiger partial charge in [-0.25, -0.2) is 9.79 Å². The molecule has 0 aliphatic carbocycles. The molecular weight excluding hydrogens is 437 g/mol. The Morgan fingerprint density at radius 3 is 2.29 bits per heavy atom. The monoisotopic (exact) mass is 471 g/mol. The number of hydrogen-bond donors (Lipinski definition) is 2. The molecule has 0 fully saturated rings. The summed E-state index contributed by atoms with van der Waals surface area (Å²) in [5.41, 5.74) is 0.849. The first-order valence-electron chi connectivity index (χ1n) is 10.9. The van der Waals surface area contributed by atoms with Crippen LogP contribution in [0.4, 0.5) is 0 Å². The molecule has 2 amide bonds. The number of nitrogens with zero attached hydrogens (tertiary/aromatic N) is 1. The fraction of sp³-hybridized carbons (Fsp3) is 0.417. The minimum atomic E-state index is -0.891. The van der Waals surface area contributed by atoms with Crippen LogP contribution in [0.5, 0.6) is 5.75 Å². The van der Waals surface area contributed by atoms with Gasteiger partial charge < -0.3 is 24.8 Å². The Bertz CT molecular complexity index is 857. The van der Waals surface area contributed by atoms with E-state index in [0.29, 0.717) is 12.4 Å². The molecule has 184 valence electrons. The summed E-state index contributed by atoms with van der Waals surface area (Å²) in [6.07, 6.45) is 4.83. The molecule has 1 rings (SSSR count). The van der Waals surface area contributed by atoms with E-state index in [-0.39, 0.29) is 18.8 Å². The minimum absolute atomic E-state index is 0.199. The van der Waals surface area contributed by atoms with Gasteiger partial charge in [-0.3, -0.25) is 9.59 Å². The first-order valence-corrected chi connectivity index (χ1v) is 10.9. The highest BCUT2D eigenvalue weighted by Gasteiger charge is 2.30. The predicted molar refractivity (Wildman–Crippen MR) is 133 cm³/mol. The Labute approximate surface area is 202 Å². The SMILES string of the molecule is BOC=N[C@@H](Cc1ccc(OCC=C)cc1)C(=O)N[C@H](C(=O)N[C@@H](CC=C)C(=O)OC)C(C)C. The molecule has 0 radical (unpaired) electrons. The van der Waals surface area contributed by atoms with Crippen LogP contribution in [0.15, 0.2) is 54.6 Å². The zero-order chi connectivity index (χ0) is 25.5. The summed E-state index contributed by atoms with van der Waals surface area (Å²) in [7, 11) is 2.67. The van der Waals surface area contributed by atoms with Gasteiger partial charge in [-0.05, 0) is 30.0 Å². The van der Waals surface area contributed by atoms with Gasteiger partial charge in [-0.1, -0.05) is 44.7 Å². The van der Waals surface area contributed by atoms with Gasteiger partial charge >= 0.3 is 14.0 Å². The smallest absolute Gasteiger partial charge is 0.328 e. The Hall–Kier alpha value is -3.56. The van der Waals surface area contributed by atoms with Crippen LogP contribution >= 0.6 is 0 Å². The van der Waals surface area contributed by atoms with Gasteiger partial charge in [0.2, 0.25) is 11.8 Å². The van der Waals surface area contributed by atoms with Gasteiger partial charge in [0.25, 0.3) is 0 Å². The molecule has 34 heavy (non-hydrogen) atoms. The van der Waals surface area contributed by atoms with E-state index >= 15 is 0 Å². The quantitative estimate of drug-likeness (QED) is 0.130. The summed E-state index contributed by atoms with van der Waals surface area (Å²) < 4.78 is 15.1. The normalized spacial score (nSPS) is 13.4. The van der Waals surface area contributed by atoms with E-state index in [1.165, 1.54) is 27.6 Å². The lowest BCUT2D eigenvalue weighted by atomic mass is 10.0. The van der Waals surface area contributed by atoms with Crippen LogP contribution < -0.4 is 15.4 Å². The van der Waals surface area contributed by atoms with Crippen molar-refractivity contribution >= 4 is 32.2 Å². The van der Waals surface area contributed by atoms with Crippen molar-refractivity contribution in [1.82, 2.24) is 10.6 Å². The third kappa shape index (κ3) is 9.52. The summed E-state index contributed by atoms with van der Waals surface area (Å²) in [5.74, 6) is -1.11. The molecule has 10 heteroatoms. The number of hydrogen-bond acceptors (Lipinski definition) is 7. The molecule has 0 unspecified atom stereocenters. The lowest BCUT2D eigenvalue weighted by Gasteiger charge is -2.25. The van der Waals surface area contributed by atoms with E-state index in [2.05, 4.69) is 28.8 Å². The van der Waals surface area contributed by atoms with Crippen LogP contribution in [0.2, 0.25) is 0 Å². The fourth-order valence-corrected chi connectivity index (χ4v) is 3.02. The van der Waals surface area contributed by atoms with Crippen molar-refractivity contribution in [3.05, 3.63) is 55.1 Å². The van der Waals surface area contributed by atoms with Crippen molar-refractivity contribution in [3.8, 4) is 5.75 Å². The van der Waals surface area contributed by atoms with Crippen molar-refractivity contribution < 1.29 is 28.5 Å². The minimum Gasteiger partial charge on any atom is -0.560 e. The Morgan fingerprint density at radius 2 is 1.76 bits per heavy atom. The van der Waals surface area contributed by atoms with Gasteiger partial charge in [-0.15, -0.1) is 6.58 Å². The number of esters is 1. The Kier molecular flexibility index (Phi) is 12.8. The molecule has 0 aliphatic rings. The average Bonchev–Trinajstić information content (AvgIpc) is 2.83. The second kappa shape index (κ2) is 15.3. The number of rotatable bonds is 15. The number of amides is 2. The van der Waals surface area contributed by atoms with Crippen molar-refractivity contribution in [3.63, 3.8) is 0 Å². The first kappa shape index (κ1) is 28.5. The number of ether oxygens (including phenoxy) is 2. The first-order chi connectivity index (χ1) is 16.3. The van der Waals surface area contributed by atoms with Gasteiger partial charge in [0.1, 0.15) is 30.5 Å². The summed E-state index contributed by atoms with van der Waals surface area (Å²) in [4.78, 5) is 42.1. The van der Waals surface area contributed by atoms with Crippen LogP contribution in [-0.4, -0.2) is 64.1 Å². The van der Waals surface area contributed by atoms with Crippen LogP contribution in [0.3, 0.4) is 0 Å². The molecule has 2 N–H and O–H groups in total. The maximum atomic E-state index is 13.1. The molecule has 9 nitrogen and oxygen atoms in total. The lowest BCUT2D eigenvalue weighted by molar-refractivity contribution is -0.145. The molecule has 0 saturated carbocycles. The van der Waals surface area contributed by atoms with Crippen LogP contribution in [0.25, 0.3) is 0 Å². The summed E-state index contributed by atoms with van der Waals surface area (Å²) in [5, 5.41) is 5.38. The molecule has 0 saturated heterocycles. The highest BCUT2D eigenvalue weighted by Crippen LogP contribution is 2.15. The van der Waals surface area contributed by atoms with Gasteiger partial charge in [0.15, 0.2) is 6.40 Å². The Balaban J connectivity index is 2.97. The highest BCUT2D eigenvalue weighted by molar-refractivity contribution is 6.02. The summed E-state index contributed by atoms with van der Waals surface area (Å²) >= 11 is 0. The average molecular weight is 471 g/mol. The van der Waals surface area contributed by atoms with Gasteiger partial charge in [0.05, 0.1) is 7.11 Å². The molecule has 1 aromatic rings. The van der Waals surface area contributed by atoms with E-state index in [9.17, 15) is 14.4 Å². The largest absolute Gasteiger partial charge is 0.560 e. The van der Waals surface area contributed by atoms with E-state index in [4.69, 9.17) is 14.1 Å². The van der Waals surface area contributed by atoms with E-state index in [1.807, 2.05) is 12.1 Å². The zero-order valence-electron chi connectivity index (χ0n) is 20.3. The molecule has 3 atom stereocenters. The highest BCUT2D eigenvalue weighted by atomic mass is 16.5. The standard InChI is InChI=1S/C24H34BN3O6/c1-6-8-19(24(31)32-5)27-23(30)21(16(3)4)28-22(29)20(26-15-34-25)14-17-9-11-18(12-10-17)33-13-7-2/h6-7,9-12,15-16,19-21H,1-2,8,13-14,25H2,3-5H3,(H,27,30)(H,28,29)/t19-,20-,21-/m0/s1. The van der Waals surface area contributed by atoms with Gasteiger partial charge in [0, 0.05) is 6.42 Å². The molecular formula is C24H34BN3O6. The second-order valence-corrected chi connectivity index (χ2v) is 7.79. The van der Waals surface area contributed by atoms with Crippen molar-refractivity contribution in [2.45, 2.75) is 44.8 Å². The second-order valence-electron chi connectivity index (χ2n) is 7.79. The summed E-state index contributed by atoms with van der Waals surface area (Å²) in [6.45, 7) is 11.2. The third-order valence-corrected chi connectivity index (χ3v) is 4.82. The molecule has 0 heterocycles. The maximum absolute atomic E-state index is 13.1. The number of carbonyl (C=O) groups excluding carboxylic acids is 3. The number of aliphatic imine (C=N–C) groups is 1. The van der Waals surface area contributed by atoms with E-state index in [1.54, 1.807) is 32.1 Å². The third-order valence-electron chi connectivity index (χ3n) is 4.82. The van der Waals surface area contributed by atoms with E-state index in [0.717, 1.165) is 5.56 Å². The van der Waals surface area contributed by atoms with Crippen LogP contribution in [-0.2, 0) is 30.2 Å². The fourth-order valence-electron chi connectivity index (χ4n) is 3.02. The van der Waals surface area contributed by atoms with Crippen molar-refractivity contribution in [2.75, 3.05) is 13.7 Å². The summed E-state index contributed by atoms with van der Waals surface area (Å²) in [6, 6.07) is 4.65. The zero-order valence-corrected chi connectivity index (χ0v) is 20.3. The van der Waals surface area contributed by atoms with Crippen molar-refractivity contribution in [2.24, 2.45) is 10.9 Å². The lowest BCUT2D eigenvalue weighted by Crippen LogP contribution is -2.55. The molecule has 0 bridgehead atoms. The number of benzene rings is 1. The molecule has 1 aromatic carbocycles. The molecule has 0 spiro atoms. The van der Waals surface area contributed by atoms with Crippen LogP contribution in [0.1, 0.15) is 25.8 Å². The predicted octanol–water partition coefficient (Wildman–Crippen LogP) is 1.13. The Morgan fingerprint density at radius 1 is 1.09 bits per heavy atom. The topological polar surface area (TPSA) is 115 Å². The van der Waals surface area contributed by atoms with Crippen LogP contribution in [0, 0.1) is 5.92 Å². The molecule has 0 aromatic heterocycles. The van der Waals surface area contributed by atoms with Crippen molar-refractivity contribution in [1.29, 1.82) is 0 Å². The number of nitrogens with one attached hydrogen (secondary N) is 2. The maximum Gasteiger partial charge on any atom is 0.328 e. The number of carbonyl (C=O) groups is 3.